The van der Waals surface area contributed by atoms with E-state index in [0.29, 0.717) is 0 Å². The van der Waals surface area contributed by atoms with E-state index in [1.807, 2.05) is 24.3 Å². The van der Waals surface area contributed by atoms with Gasteiger partial charge in [0.2, 0.25) is 0 Å². The van der Waals surface area contributed by atoms with Gasteiger partial charge in [-0.3, -0.25) is 0 Å². The Morgan fingerprint density at radius 1 is 0.424 bits per heavy atom. The fourth-order valence-electron chi connectivity index (χ4n) is 5.51. The Morgan fingerprint density at radius 2 is 1.00 bits per heavy atom. The number of hydrogen-bond acceptors (Lipinski definition) is 2. The van der Waals surface area contributed by atoms with Crippen LogP contribution in [0.4, 0.5) is 0 Å². The monoisotopic (exact) mass is 424 g/mol. The Balaban J connectivity index is 1.60. The van der Waals surface area contributed by atoms with Crippen LogP contribution < -0.4 is 9.47 Å². The molecule has 0 amide bonds. The van der Waals surface area contributed by atoms with Crippen LogP contribution in [0.3, 0.4) is 0 Å². The molecular formula is C31H20O2. The summed E-state index contributed by atoms with van der Waals surface area (Å²) in [7, 11) is 0. The molecule has 0 N–H and O–H groups in total. The van der Waals surface area contributed by atoms with Gasteiger partial charge >= 0.3 is 0 Å². The van der Waals surface area contributed by atoms with Crippen molar-refractivity contribution in [3.8, 4) is 34.1 Å². The number of ether oxygens (including phenoxy) is 2. The largest absolute Gasteiger partial charge is 0.449 e. The molecule has 156 valence electrons. The molecular weight excluding hydrogens is 404 g/mol. The molecule has 0 spiro atoms. The Morgan fingerprint density at radius 3 is 1.70 bits per heavy atom. The lowest BCUT2D eigenvalue weighted by Gasteiger charge is -2.34. The number of hydrogen-bond donors (Lipinski definition) is 0. The van der Waals surface area contributed by atoms with Crippen LogP contribution in [0, 0.1) is 0 Å². The van der Waals surface area contributed by atoms with Crippen LogP contribution in [0.1, 0.15) is 22.3 Å². The van der Waals surface area contributed by atoms with Crippen LogP contribution in [-0.2, 0) is 5.41 Å². The van der Waals surface area contributed by atoms with Gasteiger partial charge in [0.05, 0.1) is 5.41 Å². The molecule has 0 bridgehead atoms. The average Bonchev–Trinajstić information content (AvgIpc) is 3.20. The molecule has 0 saturated heterocycles. The molecule has 7 rings (SSSR count). The first-order valence-electron chi connectivity index (χ1n) is 11.2. The quantitative estimate of drug-likeness (QED) is 0.280. The average molecular weight is 424 g/mol. The summed E-state index contributed by atoms with van der Waals surface area (Å²) in [6.07, 6.45) is 0. The highest BCUT2D eigenvalue weighted by Gasteiger charge is 2.48. The molecule has 2 nitrogen and oxygen atoms in total. The second kappa shape index (κ2) is 6.85. The number of fused-ring (bicyclic) bond motifs is 6. The summed E-state index contributed by atoms with van der Waals surface area (Å²) in [5.41, 5.74) is 6.78. The van der Waals surface area contributed by atoms with Crippen molar-refractivity contribution in [3.63, 3.8) is 0 Å². The normalized spacial score (nSPS) is 14.2. The Bertz CT molecular complexity index is 1460. The first-order chi connectivity index (χ1) is 16.4. The number of benzene rings is 5. The van der Waals surface area contributed by atoms with Crippen molar-refractivity contribution < 1.29 is 9.47 Å². The zero-order valence-electron chi connectivity index (χ0n) is 17.9. The van der Waals surface area contributed by atoms with E-state index in [2.05, 4.69) is 97.1 Å². The molecule has 0 saturated carbocycles. The van der Waals surface area contributed by atoms with E-state index in [1.54, 1.807) is 0 Å². The van der Waals surface area contributed by atoms with Crippen molar-refractivity contribution >= 4 is 0 Å². The molecule has 0 unspecified atom stereocenters. The maximum Gasteiger partial charge on any atom is 0.178 e. The fraction of sp³-hybridized carbons (Fsp3) is 0.0323. The minimum absolute atomic E-state index is 0.441. The van der Waals surface area contributed by atoms with Gasteiger partial charge in [-0.2, -0.15) is 0 Å². The van der Waals surface area contributed by atoms with E-state index in [-0.39, 0.29) is 0 Å². The van der Waals surface area contributed by atoms with Gasteiger partial charge in [-0.25, -0.2) is 0 Å². The van der Waals surface area contributed by atoms with E-state index in [0.717, 1.165) is 28.6 Å². The summed E-state index contributed by atoms with van der Waals surface area (Å²) in [4.78, 5) is 0. The fourth-order valence-corrected chi connectivity index (χ4v) is 5.51. The van der Waals surface area contributed by atoms with E-state index in [9.17, 15) is 0 Å². The molecule has 5 aromatic carbocycles. The Kier molecular flexibility index (Phi) is 3.80. The van der Waals surface area contributed by atoms with Crippen LogP contribution in [0.5, 0.6) is 23.0 Å². The lowest BCUT2D eigenvalue weighted by Crippen LogP contribution is -2.28. The summed E-state index contributed by atoms with van der Waals surface area (Å²) >= 11 is 0. The highest BCUT2D eigenvalue weighted by Crippen LogP contribution is 2.61. The summed E-state index contributed by atoms with van der Waals surface area (Å²) < 4.78 is 12.8. The van der Waals surface area contributed by atoms with Crippen molar-refractivity contribution in [1.82, 2.24) is 0 Å². The number of para-hydroxylation sites is 2. The van der Waals surface area contributed by atoms with Gasteiger partial charge in [-0.1, -0.05) is 103 Å². The highest BCUT2D eigenvalue weighted by atomic mass is 16.6. The summed E-state index contributed by atoms with van der Waals surface area (Å²) in [5.74, 6) is 3.02. The highest BCUT2D eigenvalue weighted by molar-refractivity contribution is 5.91. The predicted molar refractivity (Wildman–Crippen MR) is 130 cm³/mol. The summed E-state index contributed by atoms with van der Waals surface area (Å²) in [5, 5.41) is 0. The van der Waals surface area contributed by atoms with Gasteiger partial charge in [0.1, 0.15) is 0 Å². The Hall–Kier alpha value is -4.30. The molecule has 2 aliphatic rings. The maximum atomic E-state index is 6.52. The van der Waals surface area contributed by atoms with Crippen molar-refractivity contribution in [3.05, 3.63) is 144 Å². The SMILES string of the molecule is c1ccc(C2(c3ccccc3)c3ccccc3-c3c2ccc2c3Oc3ccccc3O2)cc1. The van der Waals surface area contributed by atoms with Crippen molar-refractivity contribution in [2.45, 2.75) is 5.41 Å². The molecule has 1 heterocycles. The topological polar surface area (TPSA) is 18.5 Å². The lowest BCUT2D eigenvalue weighted by atomic mass is 9.68. The van der Waals surface area contributed by atoms with Crippen LogP contribution in [0.25, 0.3) is 11.1 Å². The smallest absolute Gasteiger partial charge is 0.178 e. The first-order valence-corrected chi connectivity index (χ1v) is 11.2. The van der Waals surface area contributed by atoms with Gasteiger partial charge in [-0.15, -0.1) is 0 Å². The molecule has 0 fully saturated rings. The first kappa shape index (κ1) is 18.3. The molecule has 5 aromatic rings. The summed E-state index contributed by atoms with van der Waals surface area (Å²) in [6, 6.07) is 42.3. The molecule has 2 heteroatoms. The van der Waals surface area contributed by atoms with Gasteiger partial charge in [0.15, 0.2) is 23.0 Å². The second-order valence-electron chi connectivity index (χ2n) is 8.49. The molecule has 1 aliphatic carbocycles. The second-order valence-corrected chi connectivity index (χ2v) is 8.49. The lowest BCUT2D eigenvalue weighted by molar-refractivity contribution is 0.360. The third-order valence-corrected chi connectivity index (χ3v) is 6.82. The molecule has 33 heavy (non-hydrogen) atoms. The molecule has 0 atom stereocenters. The molecule has 0 aromatic heterocycles. The molecule has 0 radical (unpaired) electrons. The van der Waals surface area contributed by atoms with Crippen molar-refractivity contribution in [2.24, 2.45) is 0 Å². The van der Waals surface area contributed by atoms with Crippen LogP contribution >= 0.6 is 0 Å². The van der Waals surface area contributed by atoms with E-state index in [4.69, 9.17) is 9.47 Å². The van der Waals surface area contributed by atoms with Gasteiger partial charge in [0.25, 0.3) is 0 Å². The van der Waals surface area contributed by atoms with Crippen molar-refractivity contribution in [1.29, 1.82) is 0 Å². The van der Waals surface area contributed by atoms with E-state index in [1.165, 1.54) is 27.8 Å². The standard InChI is InChI=1S/C31H20O2/c1-3-11-21(12-4-1)31(22-13-5-2-6-14-22)24-16-8-7-15-23(24)29-25(31)19-20-28-30(29)33-27-18-10-9-17-26(27)32-28/h1-20H. The zero-order chi connectivity index (χ0) is 21.8. The zero-order valence-corrected chi connectivity index (χ0v) is 17.9. The Labute approximate surface area is 192 Å². The van der Waals surface area contributed by atoms with Crippen molar-refractivity contribution in [2.75, 3.05) is 0 Å². The summed E-state index contributed by atoms with van der Waals surface area (Å²) in [6.45, 7) is 0. The molecule has 1 aliphatic heterocycles. The minimum Gasteiger partial charge on any atom is -0.449 e. The third kappa shape index (κ3) is 2.43. The van der Waals surface area contributed by atoms with Gasteiger partial charge < -0.3 is 9.47 Å². The van der Waals surface area contributed by atoms with Crippen LogP contribution in [0.15, 0.2) is 121 Å². The maximum absolute atomic E-state index is 6.52. The van der Waals surface area contributed by atoms with Crippen LogP contribution in [-0.4, -0.2) is 0 Å². The minimum atomic E-state index is -0.441. The van der Waals surface area contributed by atoms with Gasteiger partial charge in [-0.05, 0) is 46.0 Å². The van der Waals surface area contributed by atoms with Gasteiger partial charge in [0, 0.05) is 5.56 Å². The van der Waals surface area contributed by atoms with E-state index >= 15 is 0 Å². The van der Waals surface area contributed by atoms with Crippen LogP contribution in [0.2, 0.25) is 0 Å². The predicted octanol–water partition coefficient (Wildman–Crippen LogP) is 7.95. The number of rotatable bonds is 2. The third-order valence-electron chi connectivity index (χ3n) is 6.82. The van der Waals surface area contributed by atoms with E-state index < -0.39 is 5.41 Å².